The minimum atomic E-state index is -2.12. The van der Waals surface area contributed by atoms with Gasteiger partial charge in [0.05, 0.1) is 38.7 Å². The summed E-state index contributed by atoms with van der Waals surface area (Å²) in [4.78, 5) is 22.0. The van der Waals surface area contributed by atoms with E-state index in [0.717, 1.165) is 12.1 Å². The molecule has 13 heteroatoms. The minimum Gasteiger partial charge on any atom is -0.461 e. The van der Waals surface area contributed by atoms with Gasteiger partial charge in [0.15, 0.2) is 11.3 Å². The number of rotatable bonds is 7. The van der Waals surface area contributed by atoms with Crippen molar-refractivity contribution < 1.29 is 20.1 Å². The van der Waals surface area contributed by atoms with Crippen molar-refractivity contribution in [2.24, 2.45) is 11.5 Å². The molecule has 0 aliphatic heterocycles. The van der Waals surface area contributed by atoms with Crippen molar-refractivity contribution in [3.63, 3.8) is 0 Å². The van der Waals surface area contributed by atoms with E-state index >= 15 is 0 Å². The van der Waals surface area contributed by atoms with Crippen LogP contribution >= 0.6 is 11.6 Å². The molecule has 0 spiro atoms. The van der Waals surface area contributed by atoms with E-state index in [4.69, 9.17) is 33.3 Å². The number of para-hydroxylation sites is 1. The molecule has 0 bridgehead atoms. The van der Waals surface area contributed by atoms with Gasteiger partial charge in [-0.05, 0) is 12.1 Å². The number of nitro benzene ring substituents is 1. The number of aliphatic hydroxyl groups is 2. The Balaban J connectivity index is 2.96. The molecule has 0 saturated carbocycles. The molecule has 2 rings (SSSR count). The molecule has 1 aromatic rings. The van der Waals surface area contributed by atoms with Gasteiger partial charge in [0.25, 0.3) is 11.4 Å². The van der Waals surface area contributed by atoms with Gasteiger partial charge >= 0.3 is 0 Å². The Morgan fingerprint density at radius 3 is 2.41 bits per heavy atom. The van der Waals surface area contributed by atoms with Gasteiger partial charge in [0, 0.05) is 12.6 Å². The molecule has 0 saturated heterocycles. The average Bonchev–Trinajstić information content (AvgIpc) is 2.67. The Kier molecular flexibility index (Phi) is 6.42. The summed E-state index contributed by atoms with van der Waals surface area (Å²) in [7, 11) is 0. The standard InChI is InChI=1S/C16H17ClN6O6/c17-12-9-15(18,20-5-7-24)14(23(28)29)13(16(12,19)21-6-8-25)10-3-1-2-4-11(10)22(26)27/h1-4,9,20-21,24-25H,5,7,18-19H2. The third-order valence-electron chi connectivity index (χ3n) is 4.15. The van der Waals surface area contributed by atoms with Gasteiger partial charge < -0.3 is 21.3 Å². The molecule has 2 unspecified atom stereocenters. The number of nitro groups is 2. The van der Waals surface area contributed by atoms with E-state index in [2.05, 4.69) is 10.6 Å². The van der Waals surface area contributed by atoms with Gasteiger partial charge in [0.2, 0.25) is 0 Å². The van der Waals surface area contributed by atoms with E-state index in [-0.39, 0.29) is 17.1 Å². The van der Waals surface area contributed by atoms with Gasteiger partial charge in [-0.3, -0.25) is 31.3 Å². The molecule has 8 N–H and O–H groups in total. The van der Waals surface area contributed by atoms with Crippen molar-refractivity contribution in [2.75, 3.05) is 13.2 Å². The van der Waals surface area contributed by atoms with Crippen LogP contribution in [0.2, 0.25) is 0 Å². The Hall–Kier alpha value is -3.21. The first-order chi connectivity index (χ1) is 13.6. The van der Waals surface area contributed by atoms with Crippen molar-refractivity contribution >= 4 is 22.9 Å². The summed E-state index contributed by atoms with van der Waals surface area (Å²) in [6, 6.07) is 7.20. The SMILES string of the molecule is NC1(NCCO)C=C(Cl)C(N)(NC#CO)C(c2ccccc2[N+](=O)[O-])=C1[N+](=O)[O-]. The molecule has 1 aliphatic rings. The number of nitrogens with one attached hydrogen (secondary N) is 2. The van der Waals surface area contributed by atoms with Crippen LogP contribution in [0.1, 0.15) is 5.56 Å². The number of nitrogens with zero attached hydrogens (tertiary/aromatic N) is 2. The highest BCUT2D eigenvalue weighted by Gasteiger charge is 2.53. The van der Waals surface area contributed by atoms with Crippen molar-refractivity contribution in [2.45, 2.75) is 11.3 Å². The zero-order valence-corrected chi connectivity index (χ0v) is 15.5. The molecular weight excluding hydrogens is 408 g/mol. The van der Waals surface area contributed by atoms with E-state index in [1.54, 1.807) is 0 Å². The molecule has 12 nitrogen and oxygen atoms in total. The number of hydrogen-bond acceptors (Lipinski definition) is 10. The summed E-state index contributed by atoms with van der Waals surface area (Å²) in [5, 5.41) is 46.1. The molecule has 0 fully saturated rings. The van der Waals surface area contributed by atoms with E-state index < -0.39 is 44.7 Å². The first kappa shape index (κ1) is 22.1. The third kappa shape index (κ3) is 3.99. The van der Waals surface area contributed by atoms with E-state index in [9.17, 15) is 20.2 Å². The zero-order chi connectivity index (χ0) is 21.8. The van der Waals surface area contributed by atoms with Crippen LogP contribution in [-0.4, -0.2) is 44.5 Å². The molecule has 29 heavy (non-hydrogen) atoms. The van der Waals surface area contributed by atoms with Gasteiger partial charge in [-0.2, -0.15) is 0 Å². The van der Waals surface area contributed by atoms with Crippen LogP contribution in [0.5, 0.6) is 0 Å². The first-order valence-electron chi connectivity index (χ1n) is 7.99. The fourth-order valence-corrected chi connectivity index (χ4v) is 3.28. The summed E-state index contributed by atoms with van der Waals surface area (Å²) in [6.45, 7) is -0.557. The van der Waals surface area contributed by atoms with E-state index in [0.29, 0.717) is 0 Å². The topological polar surface area (TPSA) is 203 Å². The second kappa shape index (κ2) is 8.43. The average molecular weight is 425 g/mol. The van der Waals surface area contributed by atoms with Gasteiger partial charge in [-0.15, -0.1) is 0 Å². The largest absolute Gasteiger partial charge is 0.461 e. The number of halogens is 1. The molecule has 1 aromatic carbocycles. The lowest BCUT2D eigenvalue weighted by Crippen LogP contribution is -2.64. The highest BCUT2D eigenvalue weighted by atomic mass is 35.5. The summed E-state index contributed by atoms with van der Waals surface area (Å²) >= 11 is 6.28. The lowest BCUT2D eigenvalue weighted by atomic mass is 9.81. The predicted molar refractivity (Wildman–Crippen MR) is 103 cm³/mol. The number of benzene rings is 1. The number of hydrogen-bond donors (Lipinski definition) is 6. The monoisotopic (exact) mass is 424 g/mol. The Morgan fingerprint density at radius 1 is 1.21 bits per heavy atom. The maximum Gasteiger partial charge on any atom is 0.292 e. The zero-order valence-electron chi connectivity index (χ0n) is 14.8. The van der Waals surface area contributed by atoms with Gasteiger partial charge in [-0.1, -0.05) is 23.7 Å². The van der Waals surface area contributed by atoms with Crippen molar-refractivity contribution in [3.05, 3.63) is 66.9 Å². The highest BCUT2D eigenvalue weighted by Crippen LogP contribution is 2.44. The summed E-state index contributed by atoms with van der Waals surface area (Å²) in [6.07, 6.45) is 2.57. The summed E-state index contributed by atoms with van der Waals surface area (Å²) in [5.74, 6) is 0. The first-order valence-corrected chi connectivity index (χ1v) is 8.37. The van der Waals surface area contributed by atoms with Gasteiger partial charge in [0.1, 0.15) is 6.11 Å². The molecule has 0 aromatic heterocycles. The van der Waals surface area contributed by atoms with Crippen LogP contribution < -0.4 is 22.1 Å². The van der Waals surface area contributed by atoms with Crippen molar-refractivity contribution in [1.29, 1.82) is 0 Å². The third-order valence-corrected chi connectivity index (χ3v) is 4.56. The van der Waals surface area contributed by atoms with Crippen LogP contribution in [0, 0.1) is 32.4 Å². The Labute approximate surface area is 169 Å². The van der Waals surface area contributed by atoms with Gasteiger partial charge in [-0.25, -0.2) is 0 Å². The lowest BCUT2D eigenvalue weighted by Gasteiger charge is -2.39. The molecule has 2 atom stereocenters. The number of aliphatic hydroxyl groups excluding tert-OH is 2. The fraction of sp³-hybridized carbons (Fsp3) is 0.250. The quantitative estimate of drug-likeness (QED) is 0.109. The van der Waals surface area contributed by atoms with E-state index in [1.165, 1.54) is 24.3 Å². The highest BCUT2D eigenvalue weighted by molar-refractivity contribution is 6.32. The van der Waals surface area contributed by atoms with Crippen LogP contribution in [0.4, 0.5) is 5.69 Å². The van der Waals surface area contributed by atoms with Crippen molar-refractivity contribution in [3.8, 4) is 12.2 Å². The van der Waals surface area contributed by atoms with Crippen LogP contribution in [0.3, 0.4) is 0 Å². The van der Waals surface area contributed by atoms with Crippen LogP contribution in [-0.2, 0) is 0 Å². The summed E-state index contributed by atoms with van der Waals surface area (Å²) in [5.41, 5.74) is 6.38. The molecule has 0 radical (unpaired) electrons. The maximum absolute atomic E-state index is 12.0. The van der Waals surface area contributed by atoms with Crippen LogP contribution in [0.15, 0.2) is 41.1 Å². The molecule has 0 amide bonds. The van der Waals surface area contributed by atoms with E-state index in [1.807, 2.05) is 6.04 Å². The maximum atomic E-state index is 12.0. The fourth-order valence-electron chi connectivity index (χ4n) is 2.97. The second-order valence-electron chi connectivity index (χ2n) is 5.94. The normalized spacial score (nSPS) is 23.7. The molecule has 1 aliphatic carbocycles. The smallest absolute Gasteiger partial charge is 0.292 e. The number of nitrogens with two attached hydrogens (primary N) is 2. The molecule has 0 heterocycles. The summed E-state index contributed by atoms with van der Waals surface area (Å²) < 4.78 is 0. The Morgan fingerprint density at radius 2 is 1.86 bits per heavy atom. The molecular formula is C16H17ClN6O6. The van der Waals surface area contributed by atoms with Crippen molar-refractivity contribution in [1.82, 2.24) is 10.6 Å². The van der Waals surface area contributed by atoms with Crippen LogP contribution in [0.25, 0.3) is 5.57 Å². The Bertz CT molecular complexity index is 970. The second-order valence-corrected chi connectivity index (χ2v) is 6.34. The predicted octanol–water partition coefficient (Wildman–Crippen LogP) is -0.509. The molecule has 154 valence electrons. The minimum absolute atomic E-state index is 0.153. The lowest BCUT2D eigenvalue weighted by molar-refractivity contribution is -0.434.